The van der Waals surface area contributed by atoms with Gasteiger partial charge in [0.25, 0.3) is 0 Å². The lowest BCUT2D eigenvalue weighted by atomic mass is 9.99. The SMILES string of the molecule is CC(=O)c1cccc(C(C)(C)Sc2ccc3sc4ccc(C(=O)c5ccccc5)cc4c3c2)c1. The number of benzene rings is 4. The van der Waals surface area contributed by atoms with Gasteiger partial charge < -0.3 is 0 Å². The fourth-order valence-corrected chi connectivity index (χ4v) is 6.40. The van der Waals surface area contributed by atoms with Crippen molar-refractivity contribution in [3.63, 3.8) is 0 Å². The average molecular weight is 481 g/mol. The Morgan fingerprint density at radius 1 is 0.706 bits per heavy atom. The number of hydrogen-bond donors (Lipinski definition) is 0. The average Bonchev–Trinajstić information content (AvgIpc) is 3.21. The van der Waals surface area contributed by atoms with Crippen LogP contribution in [0.4, 0.5) is 0 Å². The molecule has 2 nitrogen and oxygen atoms in total. The summed E-state index contributed by atoms with van der Waals surface area (Å²) in [4.78, 5) is 26.0. The number of thioether (sulfide) groups is 1. The zero-order chi connectivity index (χ0) is 23.9. The van der Waals surface area contributed by atoms with Crippen molar-refractivity contribution in [3.05, 3.63) is 113 Å². The number of rotatable bonds is 6. The van der Waals surface area contributed by atoms with Crippen LogP contribution < -0.4 is 0 Å². The van der Waals surface area contributed by atoms with E-state index in [0.29, 0.717) is 11.1 Å². The number of fused-ring (bicyclic) bond motifs is 3. The third-order valence-electron chi connectivity index (χ3n) is 6.08. The first-order chi connectivity index (χ1) is 16.3. The van der Waals surface area contributed by atoms with Crippen LogP contribution in [0.5, 0.6) is 0 Å². The topological polar surface area (TPSA) is 34.1 Å². The molecule has 0 fully saturated rings. The lowest BCUT2D eigenvalue weighted by molar-refractivity contribution is 0.101. The van der Waals surface area contributed by atoms with Crippen molar-refractivity contribution < 1.29 is 9.59 Å². The zero-order valence-electron chi connectivity index (χ0n) is 19.3. The lowest BCUT2D eigenvalue weighted by Gasteiger charge is -2.25. The maximum Gasteiger partial charge on any atom is 0.193 e. The summed E-state index contributed by atoms with van der Waals surface area (Å²) in [6, 6.07) is 29.9. The molecule has 0 bridgehead atoms. The van der Waals surface area contributed by atoms with E-state index in [2.05, 4.69) is 44.2 Å². The van der Waals surface area contributed by atoms with E-state index < -0.39 is 0 Å². The van der Waals surface area contributed by atoms with Crippen LogP contribution in [0.2, 0.25) is 0 Å². The van der Waals surface area contributed by atoms with E-state index in [9.17, 15) is 9.59 Å². The van der Waals surface area contributed by atoms with Crippen LogP contribution in [0.3, 0.4) is 0 Å². The minimum atomic E-state index is -0.209. The molecular weight excluding hydrogens is 456 g/mol. The molecule has 34 heavy (non-hydrogen) atoms. The van der Waals surface area contributed by atoms with E-state index >= 15 is 0 Å². The number of ketones is 2. The van der Waals surface area contributed by atoms with E-state index in [4.69, 9.17) is 0 Å². The van der Waals surface area contributed by atoms with Crippen molar-refractivity contribution in [3.8, 4) is 0 Å². The Kier molecular flexibility index (Phi) is 5.88. The van der Waals surface area contributed by atoms with Gasteiger partial charge in [0.2, 0.25) is 0 Å². The highest BCUT2D eigenvalue weighted by atomic mass is 32.2. The largest absolute Gasteiger partial charge is 0.295 e. The van der Waals surface area contributed by atoms with Gasteiger partial charge in [0.1, 0.15) is 0 Å². The summed E-state index contributed by atoms with van der Waals surface area (Å²) in [5, 5.41) is 2.28. The Balaban J connectivity index is 1.52. The molecule has 0 saturated heterocycles. The van der Waals surface area contributed by atoms with E-state index in [1.165, 1.54) is 14.8 Å². The predicted octanol–water partition coefficient (Wildman–Crippen LogP) is 8.52. The second-order valence-electron chi connectivity index (χ2n) is 8.92. The van der Waals surface area contributed by atoms with Crippen LogP contribution in [0, 0.1) is 0 Å². The molecule has 0 N–H and O–H groups in total. The fraction of sp³-hybridized carbons (Fsp3) is 0.133. The summed E-state index contributed by atoms with van der Waals surface area (Å²) < 4.78 is 2.18. The summed E-state index contributed by atoms with van der Waals surface area (Å²) >= 11 is 3.53. The van der Waals surface area contributed by atoms with Gasteiger partial charge in [0, 0.05) is 46.5 Å². The summed E-state index contributed by atoms with van der Waals surface area (Å²) in [7, 11) is 0. The third-order valence-corrected chi connectivity index (χ3v) is 8.46. The maximum atomic E-state index is 13.0. The van der Waals surface area contributed by atoms with Crippen LogP contribution in [-0.2, 0) is 4.75 Å². The zero-order valence-corrected chi connectivity index (χ0v) is 20.9. The van der Waals surface area contributed by atoms with Crippen molar-refractivity contribution in [2.24, 2.45) is 0 Å². The minimum Gasteiger partial charge on any atom is -0.295 e. The van der Waals surface area contributed by atoms with Crippen molar-refractivity contribution >= 4 is 54.8 Å². The van der Waals surface area contributed by atoms with Gasteiger partial charge in [-0.3, -0.25) is 9.59 Å². The first kappa shape index (κ1) is 22.6. The molecule has 0 aliphatic rings. The number of hydrogen-bond acceptors (Lipinski definition) is 4. The standard InChI is InChI=1S/C30H24O2S2/c1-19(31)21-10-7-11-23(16-21)30(2,3)34-24-13-15-28-26(18-24)25-17-22(12-14-27(25)33-28)29(32)20-8-5-4-6-9-20/h4-18H,1-3H3. The second-order valence-corrected chi connectivity index (χ2v) is 11.7. The number of carbonyl (C=O) groups is 2. The molecule has 0 saturated carbocycles. The molecule has 0 atom stereocenters. The van der Waals surface area contributed by atoms with Crippen LogP contribution in [0.15, 0.2) is 95.9 Å². The highest BCUT2D eigenvalue weighted by Gasteiger charge is 2.23. The maximum absolute atomic E-state index is 13.0. The Hall–Kier alpha value is -3.21. The molecule has 0 aliphatic heterocycles. The van der Waals surface area contributed by atoms with Crippen LogP contribution in [0.1, 0.15) is 52.6 Å². The van der Waals surface area contributed by atoms with E-state index in [1.54, 1.807) is 30.0 Å². The van der Waals surface area contributed by atoms with Gasteiger partial charge in [-0.05, 0) is 68.8 Å². The molecule has 0 unspecified atom stereocenters. The normalized spacial score (nSPS) is 11.7. The Labute approximate surface area is 207 Å². The molecule has 5 aromatic rings. The van der Waals surface area contributed by atoms with Crippen LogP contribution in [0.25, 0.3) is 20.2 Å². The van der Waals surface area contributed by atoms with E-state index in [1.807, 2.05) is 60.7 Å². The monoisotopic (exact) mass is 480 g/mol. The van der Waals surface area contributed by atoms with Crippen LogP contribution >= 0.6 is 23.1 Å². The number of Topliss-reactive ketones (excluding diaryl/α,β-unsaturated/α-hetero) is 1. The highest BCUT2D eigenvalue weighted by molar-refractivity contribution is 8.00. The van der Waals surface area contributed by atoms with Crippen molar-refractivity contribution in [2.45, 2.75) is 30.4 Å². The predicted molar refractivity (Wildman–Crippen MR) is 145 cm³/mol. The molecular formula is C30H24O2S2. The smallest absolute Gasteiger partial charge is 0.193 e. The summed E-state index contributed by atoms with van der Waals surface area (Å²) in [5.74, 6) is 0.119. The van der Waals surface area contributed by atoms with Gasteiger partial charge in [-0.1, -0.05) is 48.5 Å². The minimum absolute atomic E-state index is 0.0406. The molecule has 0 aliphatic carbocycles. The molecule has 168 valence electrons. The Morgan fingerprint density at radius 3 is 2.12 bits per heavy atom. The van der Waals surface area contributed by atoms with Gasteiger partial charge in [0.15, 0.2) is 11.6 Å². The summed E-state index contributed by atoms with van der Waals surface area (Å²) in [6.45, 7) is 5.97. The molecule has 1 aromatic heterocycles. The highest BCUT2D eigenvalue weighted by Crippen LogP contribution is 2.44. The van der Waals surface area contributed by atoms with Gasteiger partial charge in [-0.2, -0.15) is 0 Å². The molecule has 5 rings (SSSR count). The summed E-state index contributed by atoms with van der Waals surface area (Å²) in [5.41, 5.74) is 3.27. The van der Waals surface area contributed by atoms with Gasteiger partial charge in [-0.15, -0.1) is 23.1 Å². The van der Waals surface area contributed by atoms with Crippen molar-refractivity contribution in [1.29, 1.82) is 0 Å². The second kappa shape index (κ2) is 8.86. The number of carbonyl (C=O) groups excluding carboxylic acids is 2. The quantitative estimate of drug-likeness (QED) is 0.180. The molecule has 0 spiro atoms. The van der Waals surface area contributed by atoms with Gasteiger partial charge in [-0.25, -0.2) is 0 Å². The first-order valence-corrected chi connectivity index (χ1v) is 12.8. The van der Waals surface area contributed by atoms with Gasteiger partial charge in [0.05, 0.1) is 0 Å². The number of thiophene rings is 1. The van der Waals surface area contributed by atoms with Crippen molar-refractivity contribution in [2.75, 3.05) is 0 Å². The third kappa shape index (κ3) is 4.31. The van der Waals surface area contributed by atoms with E-state index in [0.717, 1.165) is 21.4 Å². The Bertz CT molecular complexity index is 1540. The Morgan fingerprint density at radius 2 is 1.38 bits per heavy atom. The lowest BCUT2D eigenvalue weighted by Crippen LogP contribution is -2.12. The first-order valence-electron chi connectivity index (χ1n) is 11.2. The van der Waals surface area contributed by atoms with Crippen LogP contribution in [-0.4, -0.2) is 11.6 Å². The van der Waals surface area contributed by atoms with Crippen molar-refractivity contribution in [1.82, 2.24) is 0 Å². The molecule has 4 heteroatoms. The summed E-state index contributed by atoms with van der Waals surface area (Å²) in [6.07, 6.45) is 0. The molecule has 4 aromatic carbocycles. The fourth-order valence-electron chi connectivity index (χ4n) is 4.18. The molecule has 0 amide bonds. The van der Waals surface area contributed by atoms with Gasteiger partial charge >= 0.3 is 0 Å². The molecule has 1 heterocycles. The van der Waals surface area contributed by atoms with E-state index in [-0.39, 0.29) is 16.3 Å². The molecule has 0 radical (unpaired) electrons.